The third kappa shape index (κ3) is 7.24. The highest BCUT2D eigenvalue weighted by molar-refractivity contribution is 14.0. The molecule has 0 bridgehead atoms. The van der Waals surface area contributed by atoms with Gasteiger partial charge in [0.15, 0.2) is 5.96 Å². The normalized spacial score (nSPS) is 15.8. The maximum absolute atomic E-state index is 5.99. The van der Waals surface area contributed by atoms with E-state index in [1.807, 2.05) is 30.3 Å². The average molecular weight is 429 g/mol. The third-order valence-corrected chi connectivity index (χ3v) is 3.65. The van der Waals surface area contributed by atoms with Crippen LogP contribution in [-0.4, -0.2) is 31.2 Å². The number of rotatable bonds is 7. The van der Waals surface area contributed by atoms with Crippen molar-refractivity contribution in [3.05, 3.63) is 42.5 Å². The van der Waals surface area contributed by atoms with Crippen LogP contribution >= 0.6 is 24.0 Å². The van der Waals surface area contributed by atoms with Gasteiger partial charge in [0.2, 0.25) is 0 Å². The molecule has 1 aliphatic carbocycles. The van der Waals surface area contributed by atoms with Crippen LogP contribution in [0.25, 0.3) is 0 Å². The van der Waals surface area contributed by atoms with Crippen LogP contribution in [0.3, 0.4) is 0 Å². The van der Waals surface area contributed by atoms with Gasteiger partial charge >= 0.3 is 0 Å². The Labute approximate surface area is 156 Å². The molecule has 1 aliphatic rings. The van der Waals surface area contributed by atoms with Crippen molar-refractivity contribution in [1.29, 1.82) is 0 Å². The molecule has 0 spiro atoms. The minimum atomic E-state index is 0. The molecule has 4 nitrogen and oxygen atoms in total. The highest BCUT2D eigenvalue weighted by Crippen LogP contribution is 2.13. The number of para-hydroxylation sites is 1. The fourth-order valence-electron chi connectivity index (χ4n) is 2.38. The molecule has 0 saturated heterocycles. The molecule has 1 aromatic carbocycles. The third-order valence-electron chi connectivity index (χ3n) is 3.65. The van der Waals surface area contributed by atoms with Crippen molar-refractivity contribution in [3.63, 3.8) is 0 Å². The Morgan fingerprint density at radius 1 is 1.22 bits per heavy atom. The lowest BCUT2D eigenvalue weighted by atomic mass is 10.2. The molecular formula is C18H28IN3O. The number of hydrogen-bond donors (Lipinski definition) is 2. The number of hydrogen-bond acceptors (Lipinski definition) is 2. The summed E-state index contributed by atoms with van der Waals surface area (Å²) in [4.78, 5) is 4.69. The van der Waals surface area contributed by atoms with Crippen molar-refractivity contribution < 1.29 is 4.74 Å². The number of ether oxygens (including phenoxy) is 1. The maximum atomic E-state index is 5.99. The first-order valence-corrected chi connectivity index (χ1v) is 8.23. The van der Waals surface area contributed by atoms with Crippen molar-refractivity contribution >= 4 is 29.9 Å². The molecule has 0 heterocycles. The average Bonchev–Trinajstić information content (AvgIpc) is 3.05. The lowest BCUT2D eigenvalue weighted by Crippen LogP contribution is -2.43. The van der Waals surface area contributed by atoms with Crippen LogP contribution in [0.1, 0.15) is 33.1 Å². The summed E-state index contributed by atoms with van der Waals surface area (Å²) in [6.45, 7) is 5.73. The summed E-state index contributed by atoms with van der Waals surface area (Å²) in [5.41, 5.74) is 0. The summed E-state index contributed by atoms with van der Waals surface area (Å²) in [6.07, 6.45) is 7.61. The van der Waals surface area contributed by atoms with Crippen molar-refractivity contribution in [3.8, 4) is 5.75 Å². The van der Waals surface area contributed by atoms with Crippen molar-refractivity contribution in [1.82, 2.24) is 10.6 Å². The molecule has 2 N–H and O–H groups in total. The van der Waals surface area contributed by atoms with Crippen LogP contribution in [0, 0.1) is 0 Å². The zero-order valence-corrected chi connectivity index (χ0v) is 16.3. The zero-order chi connectivity index (χ0) is 15.6. The molecule has 128 valence electrons. The van der Waals surface area contributed by atoms with Gasteiger partial charge in [-0.15, -0.1) is 24.0 Å². The Morgan fingerprint density at radius 3 is 2.52 bits per heavy atom. The summed E-state index contributed by atoms with van der Waals surface area (Å²) in [7, 11) is 0. The summed E-state index contributed by atoms with van der Waals surface area (Å²) in [5, 5.41) is 6.79. The SMILES string of the molecule is CCNC(=NCC(CC)Oc1ccccc1)NC1CC=CC1.I. The second-order valence-corrected chi connectivity index (χ2v) is 5.46. The first-order chi connectivity index (χ1) is 10.8. The van der Waals surface area contributed by atoms with Crippen LogP contribution in [0.2, 0.25) is 0 Å². The number of halogens is 1. The topological polar surface area (TPSA) is 45.7 Å². The number of nitrogens with zero attached hydrogens (tertiary/aromatic N) is 1. The van der Waals surface area contributed by atoms with E-state index < -0.39 is 0 Å². The molecule has 0 aliphatic heterocycles. The van der Waals surface area contributed by atoms with Gasteiger partial charge in [-0.2, -0.15) is 0 Å². The van der Waals surface area contributed by atoms with E-state index in [9.17, 15) is 0 Å². The second kappa shape index (κ2) is 11.3. The van der Waals surface area contributed by atoms with Gasteiger partial charge in [0.05, 0.1) is 6.54 Å². The largest absolute Gasteiger partial charge is 0.489 e. The standard InChI is InChI=1S/C18H27N3O.HI/c1-3-16(22-17-12-6-5-7-13-17)14-20-18(19-4-2)21-15-10-8-9-11-15;/h5-9,12-13,15-16H,3-4,10-11,14H2,1-2H3,(H2,19,20,21);1H. The van der Waals surface area contributed by atoms with Crippen LogP contribution in [0.15, 0.2) is 47.5 Å². The van der Waals surface area contributed by atoms with E-state index >= 15 is 0 Å². The summed E-state index contributed by atoms with van der Waals surface area (Å²) in [5.74, 6) is 1.79. The highest BCUT2D eigenvalue weighted by Gasteiger charge is 2.13. The minimum absolute atomic E-state index is 0. The summed E-state index contributed by atoms with van der Waals surface area (Å²) >= 11 is 0. The van der Waals surface area contributed by atoms with Gasteiger partial charge in [0, 0.05) is 12.6 Å². The molecule has 0 aromatic heterocycles. The Balaban J connectivity index is 0.00000264. The number of guanidine groups is 1. The van der Waals surface area contributed by atoms with Gasteiger partial charge in [-0.1, -0.05) is 37.3 Å². The van der Waals surface area contributed by atoms with E-state index in [-0.39, 0.29) is 30.1 Å². The molecular weight excluding hydrogens is 401 g/mol. The van der Waals surface area contributed by atoms with Crippen LogP contribution in [0.5, 0.6) is 5.75 Å². The van der Waals surface area contributed by atoms with Crippen molar-refractivity contribution in [2.45, 2.75) is 45.3 Å². The van der Waals surface area contributed by atoms with Crippen molar-refractivity contribution in [2.24, 2.45) is 4.99 Å². The first kappa shape index (κ1) is 19.8. The maximum Gasteiger partial charge on any atom is 0.191 e. The minimum Gasteiger partial charge on any atom is -0.489 e. The number of aliphatic imine (C=N–C) groups is 1. The predicted molar refractivity (Wildman–Crippen MR) is 108 cm³/mol. The van der Waals surface area contributed by atoms with E-state index in [0.717, 1.165) is 37.5 Å². The van der Waals surface area contributed by atoms with Gasteiger partial charge in [0.1, 0.15) is 11.9 Å². The Hall–Kier alpha value is -1.24. The van der Waals surface area contributed by atoms with Crippen LogP contribution in [-0.2, 0) is 0 Å². The molecule has 0 amide bonds. The van der Waals surface area contributed by atoms with Gasteiger partial charge in [-0.3, -0.25) is 0 Å². The van der Waals surface area contributed by atoms with Crippen LogP contribution < -0.4 is 15.4 Å². The van der Waals surface area contributed by atoms with Crippen molar-refractivity contribution in [2.75, 3.05) is 13.1 Å². The highest BCUT2D eigenvalue weighted by atomic mass is 127. The van der Waals surface area contributed by atoms with E-state index in [0.29, 0.717) is 12.6 Å². The lowest BCUT2D eigenvalue weighted by Gasteiger charge is -2.19. The fourth-order valence-corrected chi connectivity index (χ4v) is 2.38. The molecule has 1 atom stereocenters. The first-order valence-electron chi connectivity index (χ1n) is 8.23. The fraction of sp³-hybridized carbons (Fsp3) is 0.500. The molecule has 23 heavy (non-hydrogen) atoms. The zero-order valence-electron chi connectivity index (χ0n) is 14.0. The van der Waals surface area contributed by atoms with Gasteiger partial charge in [-0.25, -0.2) is 4.99 Å². The van der Waals surface area contributed by atoms with E-state index in [4.69, 9.17) is 4.74 Å². The molecule has 0 saturated carbocycles. The Bertz CT molecular complexity index is 482. The Morgan fingerprint density at radius 2 is 1.91 bits per heavy atom. The van der Waals surface area contributed by atoms with Gasteiger partial charge in [0.25, 0.3) is 0 Å². The molecule has 0 fully saturated rings. The van der Waals surface area contributed by atoms with E-state index in [1.165, 1.54) is 0 Å². The summed E-state index contributed by atoms with van der Waals surface area (Å²) < 4.78 is 5.99. The number of nitrogens with one attached hydrogen (secondary N) is 2. The monoisotopic (exact) mass is 429 g/mol. The predicted octanol–water partition coefficient (Wildman–Crippen LogP) is 3.74. The second-order valence-electron chi connectivity index (χ2n) is 5.46. The van der Waals surface area contributed by atoms with Gasteiger partial charge in [-0.05, 0) is 38.3 Å². The van der Waals surface area contributed by atoms with E-state index in [1.54, 1.807) is 0 Å². The quantitative estimate of drug-likeness (QED) is 0.301. The molecule has 2 rings (SSSR count). The van der Waals surface area contributed by atoms with E-state index in [2.05, 4.69) is 41.6 Å². The molecule has 5 heteroatoms. The molecule has 0 radical (unpaired) electrons. The molecule has 1 aromatic rings. The lowest BCUT2D eigenvalue weighted by molar-refractivity contribution is 0.205. The van der Waals surface area contributed by atoms with Gasteiger partial charge < -0.3 is 15.4 Å². The molecule has 1 unspecified atom stereocenters. The smallest absolute Gasteiger partial charge is 0.191 e. The van der Waals surface area contributed by atoms with Crippen LogP contribution in [0.4, 0.5) is 0 Å². The number of benzene rings is 1. The summed E-state index contributed by atoms with van der Waals surface area (Å²) in [6, 6.07) is 10.4. The Kier molecular flexibility index (Phi) is 9.75.